The van der Waals surface area contributed by atoms with Gasteiger partial charge in [0.15, 0.2) is 0 Å². The molecule has 0 saturated carbocycles. The number of likely N-dealkylation sites (tertiary alicyclic amines) is 1. The van der Waals surface area contributed by atoms with Crippen molar-refractivity contribution in [1.82, 2.24) is 4.90 Å². The van der Waals surface area contributed by atoms with Gasteiger partial charge < -0.3 is 10.2 Å². The minimum atomic E-state index is -0.187. The van der Waals surface area contributed by atoms with Crippen molar-refractivity contribution in [3.8, 4) is 0 Å². The SMILES string of the molecule is Cc1ccc(NCc2ccc(C3CCN(C)CC3)cc2)c(F)c1. The van der Waals surface area contributed by atoms with Gasteiger partial charge in [-0.15, -0.1) is 0 Å². The molecule has 0 unspecified atom stereocenters. The zero-order valence-electron chi connectivity index (χ0n) is 14.0. The Kier molecular flexibility index (Phi) is 4.97. The number of rotatable bonds is 4. The topological polar surface area (TPSA) is 15.3 Å². The fraction of sp³-hybridized carbons (Fsp3) is 0.400. The molecule has 0 amide bonds. The van der Waals surface area contributed by atoms with Crippen LogP contribution in [0.5, 0.6) is 0 Å². The molecule has 1 aliphatic heterocycles. The average molecular weight is 312 g/mol. The quantitative estimate of drug-likeness (QED) is 0.890. The summed E-state index contributed by atoms with van der Waals surface area (Å²) >= 11 is 0. The lowest BCUT2D eigenvalue weighted by atomic mass is 9.89. The van der Waals surface area contributed by atoms with Crippen LogP contribution in [-0.2, 0) is 6.54 Å². The lowest BCUT2D eigenvalue weighted by molar-refractivity contribution is 0.255. The minimum Gasteiger partial charge on any atom is -0.379 e. The number of nitrogens with one attached hydrogen (secondary N) is 1. The highest BCUT2D eigenvalue weighted by atomic mass is 19.1. The second-order valence-corrected chi connectivity index (χ2v) is 6.66. The van der Waals surface area contributed by atoms with E-state index in [4.69, 9.17) is 0 Å². The Hall–Kier alpha value is -1.87. The third-order valence-corrected chi connectivity index (χ3v) is 4.78. The Labute approximate surface area is 138 Å². The van der Waals surface area contributed by atoms with E-state index in [1.165, 1.54) is 37.1 Å². The summed E-state index contributed by atoms with van der Waals surface area (Å²) < 4.78 is 13.8. The van der Waals surface area contributed by atoms with Gasteiger partial charge in [0.1, 0.15) is 5.82 Å². The first-order chi connectivity index (χ1) is 11.1. The molecule has 23 heavy (non-hydrogen) atoms. The molecule has 1 aliphatic rings. The van der Waals surface area contributed by atoms with Gasteiger partial charge in [-0.05, 0) is 74.6 Å². The fourth-order valence-electron chi connectivity index (χ4n) is 3.21. The number of hydrogen-bond donors (Lipinski definition) is 1. The first-order valence-electron chi connectivity index (χ1n) is 8.39. The monoisotopic (exact) mass is 312 g/mol. The molecule has 0 atom stereocenters. The summed E-state index contributed by atoms with van der Waals surface area (Å²) in [5.74, 6) is 0.496. The van der Waals surface area contributed by atoms with Crippen LogP contribution in [0.3, 0.4) is 0 Å². The largest absolute Gasteiger partial charge is 0.379 e. The van der Waals surface area contributed by atoms with Crippen molar-refractivity contribution in [3.05, 3.63) is 65.0 Å². The van der Waals surface area contributed by atoms with Crippen LogP contribution < -0.4 is 5.32 Å². The molecule has 1 fully saturated rings. The zero-order valence-corrected chi connectivity index (χ0v) is 14.0. The van der Waals surface area contributed by atoms with E-state index in [9.17, 15) is 4.39 Å². The second-order valence-electron chi connectivity index (χ2n) is 6.66. The summed E-state index contributed by atoms with van der Waals surface area (Å²) in [6.45, 7) is 4.91. The Morgan fingerprint density at radius 2 is 1.78 bits per heavy atom. The smallest absolute Gasteiger partial charge is 0.146 e. The van der Waals surface area contributed by atoms with Gasteiger partial charge >= 0.3 is 0 Å². The summed E-state index contributed by atoms with van der Waals surface area (Å²) in [5, 5.41) is 3.18. The molecule has 0 spiro atoms. The third kappa shape index (κ3) is 4.11. The standard InChI is InChI=1S/C20H25FN2/c1-15-3-8-20(19(21)13-15)22-14-16-4-6-17(7-5-16)18-9-11-23(2)12-10-18/h3-8,13,18,22H,9-12,14H2,1-2H3. The number of nitrogens with zero attached hydrogens (tertiary/aromatic N) is 1. The predicted octanol–water partition coefficient (Wildman–Crippen LogP) is 4.56. The number of aryl methyl sites for hydroxylation is 1. The maximum absolute atomic E-state index is 13.8. The van der Waals surface area contributed by atoms with E-state index < -0.39 is 0 Å². The van der Waals surface area contributed by atoms with Crippen LogP contribution in [0.4, 0.5) is 10.1 Å². The summed E-state index contributed by atoms with van der Waals surface area (Å²) in [7, 11) is 2.19. The molecule has 2 aromatic carbocycles. The van der Waals surface area contributed by atoms with Crippen LogP contribution in [0.1, 0.15) is 35.4 Å². The molecule has 2 nitrogen and oxygen atoms in total. The zero-order chi connectivity index (χ0) is 16.2. The maximum atomic E-state index is 13.8. The summed E-state index contributed by atoms with van der Waals surface area (Å²) in [4.78, 5) is 2.39. The molecule has 3 heteroatoms. The van der Waals surface area contributed by atoms with Crippen LogP contribution in [-0.4, -0.2) is 25.0 Å². The highest BCUT2D eigenvalue weighted by Crippen LogP contribution is 2.27. The minimum absolute atomic E-state index is 0.187. The number of piperidine rings is 1. The van der Waals surface area contributed by atoms with E-state index in [1.54, 1.807) is 12.1 Å². The van der Waals surface area contributed by atoms with Gasteiger partial charge in [0.25, 0.3) is 0 Å². The van der Waals surface area contributed by atoms with Crippen LogP contribution in [0.15, 0.2) is 42.5 Å². The van der Waals surface area contributed by atoms with Crippen LogP contribution in [0, 0.1) is 12.7 Å². The lowest BCUT2D eigenvalue weighted by Crippen LogP contribution is -2.29. The number of benzene rings is 2. The van der Waals surface area contributed by atoms with Crippen LogP contribution in [0.2, 0.25) is 0 Å². The first-order valence-corrected chi connectivity index (χ1v) is 8.39. The molecule has 0 aliphatic carbocycles. The van der Waals surface area contributed by atoms with Gasteiger partial charge in [0, 0.05) is 6.54 Å². The fourth-order valence-corrected chi connectivity index (χ4v) is 3.21. The Bertz CT molecular complexity index is 643. The van der Waals surface area contributed by atoms with Crippen LogP contribution in [0.25, 0.3) is 0 Å². The Morgan fingerprint density at radius 1 is 1.09 bits per heavy atom. The van der Waals surface area contributed by atoms with E-state index in [1.807, 2.05) is 13.0 Å². The molecule has 3 rings (SSSR count). The molecule has 0 bridgehead atoms. The van der Waals surface area contributed by atoms with Gasteiger partial charge in [0.05, 0.1) is 5.69 Å². The Balaban J connectivity index is 1.59. The van der Waals surface area contributed by atoms with Gasteiger partial charge in [0.2, 0.25) is 0 Å². The number of hydrogen-bond acceptors (Lipinski definition) is 2. The maximum Gasteiger partial charge on any atom is 0.146 e. The normalized spacial score (nSPS) is 16.5. The highest BCUT2D eigenvalue weighted by molar-refractivity contribution is 5.46. The number of anilines is 1. The van der Waals surface area contributed by atoms with Gasteiger partial charge in [-0.3, -0.25) is 0 Å². The number of halogens is 1. The van der Waals surface area contributed by atoms with Crippen molar-refractivity contribution in [2.75, 3.05) is 25.5 Å². The molecule has 0 aromatic heterocycles. The van der Waals surface area contributed by atoms with Crippen LogP contribution >= 0.6 is 0 Å². The first kappa shape index (κ1) is 16.0. The summed E-state index contributed by atoms with van der Waals surface area (Å²) in [5.41, 5.74) is 4.12. The lowest BCUT2D eigenvalue weighted by Gasteiger charge is -2.29. The van der Waals surface area contributed by atoms with Crippen molar-refractivity contribution in [1.29, 1.82) is 0 Å². The molecule has 1 heterocycles. The predicted molar refractivity (Wildman–Crippen MR) is 94.4 cm³/mol. The molecule has 2 aromatic rings. The van der Waals surface area contributed by atoms with E-state index in [2.05, 4.69) is 41.5 Å². The molecule has 0 radical (unpaired) electrons. The second kappa shape index (κ2) is 7.14. The van der Waals surface area contributed by atoms with E-state index in [-0.39, 0.29) is 5.82 Å². The van der Waals surface area contributed by atoms with E-state index in [0.29, 0.717) is 18.2 Å². The molecule has 122 valence electrons. The summed E-state index contributed by atoms with van der Waals surface area (Å²) in [6, 6.07) is 14.1. The van der Waals surface area contributed by atoms with E-state index in [0.717, 1.165) is 5.56 Å². The van der Waals surface area contributed by atoms with Gasteiger partial charge in [-0.1, -0.05) is 30.3 Å². The molecule has 1 saturated heterocycles. The molecular formula is C20H25FN2. The van der Waals surface area contributed by atoms with Crippen molar-refractivity contribution in [2.24, 2.45) is 0 Å². The van der Waals surface area contributed by atoms with Crippen molar-refractivity contribution >= 4 is 5.69 Å². The summed E-state index contributed by atoms with van der Waals surface area (Å²) in [6.07, 6.45) is 2.48. The average Bonchev–Trinajstić information content (AvgIpc) is 2.55. The van der Waals surface area contributed by atoms with Crippen molar-refractivity contribution in [3.63, 3.8) is 0 Å². The highest BCUT2D eigenvalue weighted by Gasteiger charge is 2.17. The molecular weight excluding hydrogens is 287 g/mol. The van der Waals surface area contributed by atoms with Crippen molar-refractivity contribution < 1.29 is 4.39 Å². The third-order valence-electron chi connectivity index (χ3n) is 4.78. The Morgan fingerprint density at radius 3 is 2.43 bits per heavy atom. The van der Waals surface area contributed by atoms with E-state index >= 15 is 0 Å². The molecule has 1 N–H and O–H groups in total. The van der Waals surface area contributed by atoms with Gasteiger partial charge in [-0.25, -0.2) is 4.39 Å². The van der Waals surface area contributed by atoms with Gasteiger partial charge in [-0.2, -0.15) is 0 Å². The van der Waals surface area contributed by atoms with Crippen molar-refractivity contribution in [2.45, 2.75) is 32.2 Å².